The first kappa shape index (κ1) is 13.2. The number of aromatic nitrogens is 1. The Morgan fingerprint density at radius 2 is 1.94 bits per heavy atom. The van der Waals surface area contributed by atoms with Gasteiger partial charge in [0.05, 0.1) is 0 Å². The molecule has 5 heteroatoms. The molecule has 0 aliphatic heterocycles. The van der Waals surface area contributed by atoms with Crippen LogP contribution in [-0.4, -0.2) is 28.5 Å². The van der Waals surface area contributed by atoms with Crippen LogP contribution in [0.1, 0.15) is 26.2 Å². The van der Waals surface area contributed by atoms with Crippen molar-refractivity contribution in [1.29, 1.82) is 0 Å². The lowest BCUT2D eigenvalue weighted by Crippen LogP contribution is -2.30. The average Bonchev–Trinajstić information content (AvgIpc) is 2.31. The van der Waals surface area contributed by atoms with Gasteiger partial charge in [-0.1, -0.05) is 0 Å². The van der Waals surface area contributed by atoms with E-state index >= 15 is 0 Å². The fraction of sp³-hybridized carbons (Fsp3) is 0.417. The second-order valence-corrected chi connectivity index (χ2v) is 3.59. The molecule has 0 aromatic carbocycles. The molecular formula is C12H16N2O3. The Bertz CT molecular complexity index is 379. The van der Waals surface area contributed by atoms with Crippen molar-refractivity contribution in [2.75, 3.05) is 11.4 Å². The minimum Gasteiger partial charge on any atom is -0.481 e. The van der Waals surface area contributed by atoms with Gasteiger partial charge in [-0.15, -0.1) is 0 Å². The third-order valence-electron chi connectivity index (χ3n) is 2.37. The van der Waals surface area contributed by atoms with Gasteiger partial charge < -0.3 is 10.0 Å². The van der Waals surface area contributed by atoms with Gasteiger partial charge in [0.25, 0.3) is 0 Å². The van der Waals surface area contributed by atoms with Gasteiger partial charge in [0.2, 0.25) is 5.91 Å². The van der Waals surface area contributed by atoms with Gasteiger partial charge >= 0.3 is 5.97 Å². The zero-order chi connectivity index (χ0) is 12.7. The molecule has 0 bridgehead atoms. The van der Waals surface area contributed by atoms with E-state index in [1.807, 2.05) is 6.92 Å². The maximum absolute atomic E-state index is 11.9. The summed E-state index contributed by atoms with van der Waals surface area (Å²) in [5.74, 6) is -0.926. The quantitative estimate of drug-likeness (QED) is 0.815. The van der Waals surface area contributed by atoms with Gasteiger partial charge in [-0.05, 0) is 25.5 Å². The molecule has 1 aromatic rings. The molecule has 1 amide bonds. The molecule has 0 unspecified atom stereocenters. The van der Waals surface area contributed by atoms with Gasteiger partial charge in [-0.3, -0.25) is 14.6 Å². The van der Waals surface area contributed by atoms with Gasteiger partial charge in [-0.2, -0.15) is 0 Å². The summed E-state index contributed by atoms with van der Waals surface area (Å²) in [6, 6.07) is 3.52. The maximum Gasteiger partial charge on any atom is 0.303 e. The Kier molecular flexibility index (Phi) is 5.13. The zero-order valence-electron chi connectivity index (χ0n) is 9.80. The first-order chi connectivity index (χ1) is 8.15. The van der Waals surface area contributed by atoms with E-state index in [4.69, 9.17) is 5.11 Å². The summed E-state index contributed by atoms with van der Waals surface area (Å²) in [6.45, 7) is 2.45. The Labute approximate surface area is 100 Å². The van der Waals surface area contributed by atoms with E-state index in [0.717, 1.165) is 5.69 Å². The summed E-state index contributed by atoms with van der Waals surface area (Å²) in [6.07, 6.45) is 3.91. The van der Waals surface area contributed by atoms with Crippen LogP contribution in [0, 0.1) is 0 Å². The van der Waals surface area contributed by atoms with Crippen molar-refractivity contribution >= 4 is 17.6 Å². The lowest BCUT2D eigenvalue weighted by molar-refractivity contribution is -0.137. The number of amides is 1. The highest BCUT2D eigenvalue weighted by atomic mass is 16.4. The SMILES string of the molecule is CCN(C(=O)CCCC(=O)O)c1ccncc1. The van der Waals surface area contributed by atoms with Crippen LogP contribution in [0.4, 0.5) is 5.69 Å². The minimum absolute atomic E-state index is 0.0274. The molecule has 1 rings (SSSR count). The number of anilines is 1. The predicted molar refractivity (Wildman–Crippen MR) is 63.8 cm³/mol. The second kappa shape index (κ2) is 6.62. The minimum atomic E-state index is -0.871. The molecule has 0 aliphatic rings. The molecule has 1 aromatic heterocycles. The first-order valence-corrected chi connectivity index (χ1v) is 5.57. The van der Waals surface area contributed by atoms with E-state index in [1.54, 1.807) is 29.4 Å². The van der Waals surface area contributed by atoms with Crippen molar-refractivity contribution in [3.63, 3.8) is 0 Å². The zero-order valence-corrected chi connectivity index (χ0v) is 9.80. The molecule has 0 atom stereocenters. The predicted octanol–water partition coefficient (Wildman–Crippen LogP) is 1.69. The largest absolute Gasteiger partial charge is 0.481 e. The van der Waals surface area contributed by atoms with Crippen LogP contribution in [0.2, 0.25) is 0 Å². The molecule has 92 valence electrons. The number of pyridine rings is 1. The fourth-order valence-electron chi connectivity index (χ4n) is 1.55. The summed E-state index contributed by atoms with van der Waals surface area (Å²) in [5, 5.41) is 8.51. The Balaban J connectivity index is 2.56. The summed E-state index contributed by atoms with van der Waals surface area (Å²) < 4.78 is 0. The number of aliphatic carboxylic acids is 1. The number of carboxylic acid groups (broad SMARTS) is 1. The fourth-order valence-corrected chi connectivity index (χ4v) is 1.55. The number of carboxylic acids is 1. The second-order valence-electron chi connectivity index (χ2n) is 3.59. The molecule has 0 saturated carbocycles. The normalized spacial score (nSPS) is 9.94. The van der Waals surface area contributed by atoms with E-state index in [0.29, 0.717) is 13.0 Å². The highest BCUT2D eigenvalue weighted by Crippen LogP contribution is 2.14. The highest BCUT2D eigenvalue weighted by Gasteiger charge is 2.13. The standard InChI is InChI=1S/C12H16N2O3/c1-2-14(10-6-8-13-9-7-10)11(15)4-3-5-12(16)17/h6-9H,2-5H2,1H3,(H,16,17). The van der Waals surface area contributed by atoms with E-state index in [-0.39, 0.29) is 18.7 Å². The summed E-state index contributed by atoms with van der Waals surface area (Å²) >= 11 is 0. The molecule has 1 heterocycles. The van der Waals surface area contributed by atoms with Crippen LogP contribution in [0.25, 0.3) is 0 Å². The molecule has 0 radical (unpaired) electrons. The van der Waals surface area contributed by atoms with Gasteiger partial charge in [-0.25, -0.2) is 0 Å². The van der Waals surface area contributed by atoms with E-state index in [1.165, 1.54) is 0 Å². The molecule has 0 saturated heterocycles. The third kappa shape index (κ3) is 4.22. The number of hydrogen-bond acceptors (Lipinski definition) is 3. The van der Waals surface area contributed by atoms with Gasteiger partial charge in [0.1, 0.15) is 0 Å². The number of hydrogen-bond donors (Lipinski definition) is 1. The first-order valence-electron chi connectivity index (χ1n) is 5.57. The Hall–Kier alpha value is -1.91. The number of rotatable bonds is 6. The lowest BCUT2D eigenvalue weighted by atomic mass is 10.2. The number of carbonyl (C=O) groups excluding carboxylic acids is 1. The molecule has 0 fully saturated rings. The van der Waals surface area contributed by atoms with Gasteiger partial charge in [0, 0.05) is 37.5 Å². The lowest BCUT2D eigenvalue weighted by Gasteiger charge is -2.20. The van der Waals surface area contributed by atoms with Crippen molar-refractivity contribution in [2.24, 2.45) is 0 Å². The van der Waals surface area contributed by atoms with Crippen LogP contribution in [0.5, 0.6) is 0 Å². The maximum atomic E-state index is 11.9. The summed E-state index contributed by atoms with van der Waals surface area (Å²) in [5.41, 5.74) is 0.794. The van der Waals surface area contributed by atoms with Crippen molar-refractivity contribution in [3.8, 4) is 0 Å². The van der Waals surface area contributed by atoms with E-state index in [9.17, 15) is 9.59 Å². The molecule has 0 spiro atoms. The Morgan fingerprint density at radius 3 is 2.47 bits per heavy atom. The van der Waals surface area contributed by atoms with Crippen LogP contribution in [-0.2, 0) is 9.59 Å². The molecule has 17 heavy (non-hydrogen) atoms. The van der Waals surface area contributed by atoms with Crippen LogP contribution in [0.15, 0.2) is 24.5 Å². The summed E-state index contributed by atoms with van der Waals surface area (Å²) in [7, 11) is 0. The van der Waals surface area contributed by atoms with Crippen molar-refractivity contribution in [3.05, 3.63) is 24.5 Å². The number of carbonyl (C=O) groups is 2. The molecule has 1 N–H and O–H groups in total. The van der Waals surface area contributed by atoms with E-state index in [2.05, 4.69) is 4.98 Å². The monoisotopic (exact) mass is 236 g/mol. The summed E-state index contributed by atoms with van der Waals surface area (Å²) in [4.78, 5) is 27.7. The topological polar surface area (TPSA) is 70.5 Å². The van der Waals surface area contributed by atoms with Gasteiger partial charge in [0.15, 0.2) is 0 Å². The van der Waals surface area contributed by atoms with E-state index < -0.39 is 5.97 Å². The highest BCUT2D eigenvalue weighted by molar-refractivity contribution is 5.93. The smallest absolute Gasteiger partial charge is 0.303 e. The van der Waals surface area contributed by atoms with Crippen LogP contribution >= 0.6 is 0 Å². The molecule has 0 aliphatic carbocycles. The van der Waals surface area contributed by atoms with Crippen molar-refractivity contribution in [2.45, 2.75) is 26.2 Å². The Morgan fingerprint density at radius 1 is 1.29 bits per heavy atom. The van der Waals surface area contributed by atoms with Crippen LogP contribution in [0.3, 0.4) is 0 Å². The average molecular weight is 236 g/mol. The third-order valence-corrected chi connectivity index (χ3v) is 2.37. The molecule has 5 nitrogen and oxygen atoms in total. The van der Waals surface area contributed by atoms with Crippen molar-refractivity contribution < 1.29 is 14.7 Å². The number of nitrogens with zero attached hydrogens (tertiary/aromatic N) is 2. The molecular weight excluding hydrogens is 220 g/mol. The van der Waals surface area contributed by atoms with Crippen molar-refractivity contribution in [1.82, 2.24) is 4.98 Å². The van der Waals surface area contributed by atoms with Crippen LogP contribution < -0.4 is 4.90 Å².